The molecule has 2 aliphatic carbocycles. The van der Waals surface area contributed by atoms with Gasteiger partial charge in [-0.15, -0.1) is 0 Å². The Morgan fingerprint density at radius 1 is 1.11 bits per heavy atom. The normalized spacial score (nSPS) is 28.0. The van der Waals surface area contributed by atoms with Crippen LogP contribution in [0.3, 0.4) is 0 Å². The number of nitrogens with one attached hydrogen (secondary N) is 1. The average Bonchev–Trinajstić information content (AvgIpc) is 2.81. The zero-order chi connectivity index (χ0) is 25.0. The second-order valence-electron chi connectivity index (χ2n) is 11.9. The molecule has 35 heavy (non-hydrogen) atoms. The number of aliphatic hydroxyl groups is 1. The third-order valence-corrected chi connectivity index (χ3v) is 7.96. The number of carbonyl (C=O) groups is 1. The highest BCUT2D eigenvalue weighted by Crippen LogP contribution is 2.30. The van der Waals surface area contributed by atoms with Gasteiger partial charge in [0, 0.05) is 56.7 Å². The number of amides is 1. The number of piperazine rings is 1. The fourth-order valence-electron chi connectivity index (χ4n) is 5.48. The summed E-state index contributed by atoms with van der Waals surface area (Å²) in [7, 11) is 1.71. The third kappa shape index (κ3) is 7.14. The van der Waals surface area contributed by atoms with Gasteiger partial charge in [0.2, 0.25) is 5.91 Å². The first kappa shape index (κ1) is 26.3. The molecule has 0 unspecified atom stereocenters. The van der Waals surface area contributed by atoms with Crippen molar-refractivity contribution in [3.05, 3.63) is 17.6 Å². The van der Waals surface area contributed by atoms with Crippen LogP contribution in [0.5, 0.6) is 0 Å². The van der Waals surface area contributed by atoms with Gasteiger partial charge in [0.15, 0.2) is 0 Å². The number of aromatic nitrogens is 2. The van der Waals surface area contributed by atoms with E-state index in [0.717, 1.165) is 68.8 Å². The Morgan fingerprint density at radius 2 is 1.80 bits per heavy atom. The Morgan fingerprint density at radius 3 is 2.40 bits per heavy atom. The van der Waals surface area contributed by atoms with E-state index in [2.05, 4.69) is 42.0 Å². The van der Waals surface area contributed by atoms with Crippen LogP contribution < -0.4 is 10.2 Å². The lowest BCUT2D eigenvalue weighted by molar-refractivity contribution is -0.132. The van der Waals surface area contributed by atoms with E-state index in [0.29, 0.717) is 25.5 Å². The first-order valence-electron chi connectivity index (χ1n) is 13.5. The minimum atomic E-state index is -0.265. The zero-order valence-electron chi connectivity index (χ0n) is 22.1. The Balaban J connectivity index is 1.18. The summed E-state index contributed by atoms with van der Waals surface area (Å²) in [5, 5.41) is 12.6. The van der Waals surface area contributed by atoms with Crippen LogP contribution in [-0.2, 0) is 21.6 Å². The van der Waals surface area contributed by atoms with Crippen molar-refractivity contribution in [3.63, 3.8) is 0 Å². The number of ether oxygens (including phenoxy) is 1. The van der Waals surface area contributed by atoms with Crippen LogP contribution in [0.25, 0.3) is 0 Å². The Bertz CT molecular complexity index is 836. The monoisotopic (exact) mass is 487 g/mol. The lowest BCUT2D eigenvalue weighted by Crippen LogP contribution is -2.47. The SMILES string of the molecule is COCc1cc(N2CCN(CC[C@H]3CC[C@H](NC(=O)[C@H]4C[C@H](O)C4)CC3)CC2)nc(C(C)(C)C)n1. The molecule has 196 valence electrons. The number of methoxy groups -OCH3 is 1. The van der Waals surface area contributed by atoms with E-state index in [1.54, 1.807) is 7.11 Å². The summed E-state index contributed by atoms with van der Waals surface area (Å²) in [4.78, 5) is 26.9. The number of nitrogens with zero attached hydrogens (tertiary/aromatic N) is 4. The van der Waals surface area contributed by atoms with E-state index in [1.807, 2.05) is 0 Å². The highest BCUT2D eigenvalue weighted by Gasteiger charge is 2.34. The predicted octanol–water partition coefficient (Wildman–Crippen LogP) is 2.88. The molecule has 3 aliphatic rings. The van der Waals surface area contributed by atoms with Crippen LogP contribution >= 0.6 is 0 Å². The van der Waals surface area contributed by atoms with Crippen molar-refractivity contribution in [2.24, 2.45) is 11.8 Å². The predicted molar refractivity (Wildman–Crippen MR) is 137 cm³/mol. The van der Waals surface area contributed by atoms with Gasteiger partial charge in [-0.3, -0.25) is 9.69 Å². The van der Waals surface area contributed by atoms with Gasteiger partial charge in [-0.2, -0.15) is 0 Å². The number of carbonyl (C=O) groups excluding carboxylic acids is 1. The van der Waals surface area contributed by atoms with Crippen LogP contribution in [0.15, 0.2) is 6.07 Å². The van der Waals surface area contributed by atoms with E-state index >= 15 is 0 Å². The topological polar surface area (TPSA) is 90.8 Å². The van der Waals surface area contributed by atoms with Crippen molar-refractivity contribution >= 4 is 11.7 Å². The van der Waals surface area contributed by atoms with Crippen molar-refractivity contribution in [1.29, 1.82) is 0 Å². The molecule has 2 heterocycles. The minimum Gasteiger partial charge on any atom is -0.393 e. The molecule has 0 aromatic carbocycles. The summed E-state index contributed by atoms with van der Waals surface area (Å²) in [5.41, 5.74) is 0.851. The maximum absolute atomic E-state index is 12.3. The number of hydrogen-bond donors (Lipinski definition) is 2. The standard InChI is InChI=1S/C27H45N5O3/c1-27(2,3)26-29-22(18-35-4)17-24(30-26)32-13-11-31(12-14-32)10-9-19-5-7-21(8-6-19)28-25(34)20-15-23(33)16-20/h17,19-21,23,33H,5-16,18H2,1-4H3,(H,28,34)/t19-,20-,21-,23-. The number of anilines is 1. The Hall–Kier alpha value is -1.77. The smallest absolute Gasteiger partial charge is 0.223 e. The van der Waals surface area contributed by atoms with E-state index in [1.165, 1.54) is 19.3 Å². The Labute approximate surface area is 210 Å². The first-order chi connectivity index (χ1) is 16.7. The highest BCUT2D eigenvalue weighted by molar-refractivity contribution is 5.79. The van der Waals surface area contributed by atoms with Crippen molar-refractivity contribution in [1.82, 2.24) is 20.2 Å². The van der Waals surface area contributed by atoms with E-state index in [-0.39, 0.29) is 23.3 Å². The van der Waals surface area contributed by atoms with Gasteiger partial charge in [-0.1, -0.05) is 20.8 Å². The van der Waals surface area contributed by atoms with E-state index < -0.39 is 0 Å². The molecule has 1 amide bonds. The quantitative estimate of drug-likeness (QED) is 0.583. The third-order valence-electron chi connectivity index (χ3n) is 7.96. The van der Waals surface area contributed by atoms with Gasteiger partial charge in [0.05, 0.1) is 18.4 Å². The van der Waals surface area contributed by atoms with Gasteiger partial charge < -0.3 is 20.1 Å². The summed E-state index contributed by atoms with van der Waals surface area (Å²) in [5.74, 6) is 2.86. The van der Waals surface area contributed by atoms with Crippen LogP contribution in [-0.4, -0.2) is 77.9 Å². The molecule has 0 spiro atoms. The minimum absolute atomic E-state index is 0.0374. The molecule has 1 aromatic heterocycles. The number of aliphatic hydroxyl groups excluding tert-OH is 1. The molecule has 1 saturated heterocycles. The molecule has 4 rings (SSSR count). The summed E-state index contributed by atoms with van der Waals surface area (Å²) < 4.78 is 5.35. The van der Waals surface area contributed by atoms with Crippen LogP contribution in [0.2, 0.25) is 0 Å². The highest BCUT2D eigenvalue weighted by atomic mass is 16.5. The average molecular weight is 488 g/mol. The van der Waals surface area contributed by atoms with Crippen molar-refractivity contribution < 1.29 is 14.6 Å². The van der Waals surface area contributed by atoms with Gasteiger partial charge in [0.1, 0.15) is 11.6 Å². The second-order valence-corrected chi connectivity index (χ2v) is 11.9. The number of rotatable bonds is 8. The zero-order valence-corrected chi connectivity index (χ0v) is 22.1. The van der Waals surface area contributed by atoms with Gasteiger partial charge in [-0.25, -0.2) is 9.97 Å². The Kier molecular flexibility index (Phi) is 8.66. The molecule has 2 N–H and O–H groups in total. The summed E-state index contributed by atoms with van der Waals surface area (Å²) in [6.07, 6.45) is 6.84. The van der Waals surface area contributed by atoms with Crippen molar-refractivity contribution in [3.8, 4) is 0 Å². The van der Waals surface area contributed by atoms with Crippen LogP contribution in [0.1, 0.15) is 77.2 Å². The molecule has 2 saturated carbocycles. The molecule has 0 atom stereocenters. The largest absolute Gasteiger partial charge is 0.393 e. The fourth-order valence-corrected chi connectivity index (χ4v) is 5.48. The first-order valence-corrected chi connectivity index (χ1v) is 13.5. The van der Waals surface area contributed by atoms with Crippen LogP contribution in [0, 0.1) is 11.8 Å². The van der Waals surface area contributed by atoms with E-state index in [9.17, 15) is 9.90 Å². The lowest BCUT2D eigenvalue weighted by Gasteiger charge is -2.37. The van der Waals surface area contributed by atoms with Gasteiger partial charge >= 0.3 is 0 Å². The molecule has 0 bridgehead atoms. The molecule has 1 aromatic rings. The van der Waals surface area contributed by atoms with Crippen LogP contribution in [0.4, 0.5) is 5.82 Å². The van der Waals surface area contributed by atoms with Crippen molar-refractivity contribution in [2.45, 2.75) is 89.9 Å². The summed E-state index contributed by atoms with van der Waals surface area (Å²) in [6.45, 7) is 12.2. The molecule has 8 nitrogen and oxygen atoms in total. The molecule has 8 heteroatoms. The molecular weight excluding hydrogens is 442 g/mol. The van der Waals surface area contributed by atoms with Gasteiger partial charge in [0.25, 0.3) is 0 Å². The van der Waals surface area contributed by atoms with E-state index in [4.69, 9.17) is 14.7 Å². The summed E-state index contributed by atoms with van der Waals surface area (Å²) in [6, 6.07) is 2.41. The molecule has 0 radical (unpaired) electrons. The molecule has 3 fully saturated rings. The summed E-state index contributed by atoms with van der Waals surface area (Å²) >= 11 is 0. The maximum atomic E-state index is 12.3. The fraction of sp³-hybridized carbons (Fsp3) is 0.815. The lowest BCUT2D eigenvalue weighted by atomic mass is 9.80. The molecule has 1 aliphatic heterocycles. The second kappa shape index (κ2) is 11.5. The van der Waals surface area contributed by atoms with Gasteiger partial charge in [-0.05, 0) is 57.4 Å². The maximum Gasteiger partial charge on any atom is 0.223 e. The van der Waals surface area contributed by atoms with Crippen molar-refractivity contribution in [2.75, 3.05) is 44.7 Å². The molecular formula is C27H45N5O3. The number of hydrogen-bond acceptors (Lipinski definition) is 7.